The van der Waals surface area contributed by atoms with Gasteiger partial charge in [0.1, 0.15) is 4.90 Å². The van der Waals surface area contributed by atoms with E-state index in [-0.39, 0.29) is 10.8 Å². The molecule has 3 aromatic rings. The molecule has 0 fully saturated rings. The highest BCUT2D eigenvalue weighted by molar-refractivity contribution is 7.86. The Morgan fingerprint density at radius 1 is 0.880 bits per heavy atom. The van der Waals surface area contributed by atoms with Crippen molar-refractivity contribution in [1.82, 2.24) is 0 Å². The van der Waals surface area contributed by atoms with Crippen molar-refractivity contribution in [2.24, 2.45) is 0 Å². The van der Waals surface area contributed by atoms with Gasteiger partial charge in [-0.3, -0.25) is 9.35 Å². The summed E-state index contributed by atoms with van der Waals surface area (Å²) in [4.78, 5) is 12.5. The van der Waals surface area contributed by atoms with Gasteiger partial charge in [0.15, 0.2) is 0 Å². The molecule has 0 saturated carbocycles. The third kappa shape index (κ3) is 3.26. The number of aryl methyl sites for hydroxylation is 2. The Labute approximate surface area is 146 Å². The first-order valence-electron chi connectivity index (χ1n) is 7.66. The van der Waals surface area contributed by atoms with Crippen LogP contribution in [0.2, 0.25) is 0 Å². The molecule has 6 heteroatoms. The zero-order valence-electron chi connectivity index (χ0n) is 13.8. The Balaban J connectivity index is 2.11. The summed E-state index contributed by atoms with van der Waals surface area (Å²) in [5.74, 6) is -0.264. The van der Waals surface area contributed by atoms with Crippen molar-refractivity contribution < 1.29 is 17.8 Å². The Morgan fingerprint density at radius 2 is 1.48 bits per heavy atom. The quantitative estimate of drug-likeness (QED) is 0.697. The van der Waals surface area contributed by atoms with Crippen molar-refractivity contribution >= 4 is 32.5 Å². The molecule has 2 N–H and O–H groups in total. The normalized spacial score (nSPS) is 11.5. The van der Waals surface area contributed by atoms with Crippen LogP contribution >= 0.6 is 0 Å². The number of carbonyl (C=O) groups is 1. The Kier molecular flexibility index (Phi) is 4.32. The zero-order chi connectivity index (χ0) is 18.2. The van der Waals surface area contributed by atoms with Gasteiger partial charge in [0.2, 0.25) is 0 Å². The zero-order valence-corrected chi connectivity index (χ0v) is 14.6. The molecule has 0 bridgehead atoms. The molecule has 0 saturated heterocycles. The summed E-state index contributed by atoms with van der Waals surface area (Å²) >= 11 is 0. The maximum absolute atomic E-state index is 12.7. The van der Waals surface area contributed by atoms with Gasteiger partial charge in [0, 0.05) is 22.0 Å². The molecule has 0 heterocycles. The van der Waals surface area contributed by atoms with Crippen LogP contribution in [0.5, 0.6) is 0 Å². The lowest BCUT2D eigenvalue weighted by Crippen LogP contribution is -2.15. The number of nitrogens with one attached hydrogen (secondary N) is 1. The highest BCUT2D eigenvalue weighted by Gasteiger charge is 2.18. The van der Waals surface area contributed by atoms with E-state index in [4.69, 9.17) is 0 Å². The number of hydrogen-bond acceptors (Lipinski definition) is 3. The van der Waals surface area contributed by atoms with Crippen LogP contribution in [-0.4, -0.2) is 18.9 Å². The smallest absolute Gasteiger partial charge is 0.295 e. The van der Waals surface area contributed by atoms with E-state index >= 15 is 0 Å². The minimum atomic E-state index is -4.35. The Bertz CT molecular complexity index is 1070. The summed E-state index contributed by atoms with van der Waals surface area (Å²) in [6, 6.07) is 15.1. The summed E-state index contributed by atoms with van der Waals surface area (Å²) in [5.41, 5.74) is 2.79. The van der Waals surface area contributed by atoms with E-state index in [2.05, 4.69) is 5.32 Å². The van der Waals surface area contributed by atoms with Gasteiger partial charge in [-0.2, -0.15) is 8.42 Å². The van der Waals surface area contributed by atoms with E-state index < -0.39 is 10.1 Å². The molecule has 3 aromatic carbocycles. The Hall–Kier alpha value is -2.70. The molecule has 0 spiro atoms. The van der Waals surface area contributed by atoms with Gasteiger partial charge in [-0.25, -0.2) is 0 Å². The van der Waals surface area contributed by atoms with Crippen LogP contribution in [0.4, 0.5) is 5.69 Å². The molecule has 0 unspecified atom stereocenters. The fourth-order valence-electron chi connectivity index (χ4n) is 2.96. The molecule has 25 heavy (non-hydrogen) atoms. The number of fused-ring (bicyclic) bond motifs is 1. The summed E-state index contributed by atoms with van der Waals surface area (Å²) in [7, 11) is -4.35. The monoisotopic (exact) mass is 355 g/mol. The van der Waals surface area contributed by atoms with E-state index in [0.29, 0.717) is 22.0 Å². The van der Waals surface area contributed by atoms with Gasteiger partial charge in [0.05, 0.1) is 0 Å². The number of carbonyl (C=O) groups excluding carboxylic acids is 1. The van der Waals surface area contributed by atoms with Gasteiger partial charge in [0.25, 0.3) is 16.0 Å². The third-order valence-electron chi connectivity index (χ3n) is 4.12. The maximum atomic E-state index is 12.7. The number of amides is 1. The molecule has 0 aliphatic rings. The highest BCUT2D eigenvalue weighted by Crippen LogP contribution is 2.30. The Morgan fingerprint density at radius 3 is 2.08 bits per heavy atom. The topological polar surface area (TPSA) is 83.5 Å². The van der Waals surface area contributed by atoms with Crippen LogP contribution in [0.3, 0.4) is 0 Å². The van der Waals surface area contributed by atoms with Gasteiger partial charge in [-0.1, -0.05) is 42.5 Å². The van der Waals surface area contributed by atoms with Crippen LogP contribution in [0.15, 0.2) is 59.5 Å². The molecular formula is C19H17NO4S. The van der Waals surface area contributed by atoms with Crippen molar-refractivity contribution in [3.8, 4) is 0 Å². The number of rotatable bonds is 3. The largest absolute Gasteiger partial charge is 0.321 e. The second-order valence-corrected chi connectivity index (χ2v) is 7.24. The van der Waals surface area contributed by atoms with Crippen LogP contribution in [0.25, 0.3) is 10.8 Å². The number of anilines is 1. The molecule has 0 atom stereocenters. The first kappa shape index (κ1) is 17.1. The van der Waals surface area contributed by atoms with E-state index in [1.165, 1.54) is 12.1 Å². The van der Waals surface area contributed by atoms with Gasteiger partial charge < -0.3 is 5.32 Å². The molecule has 0 aromatic heterocycles. The third-order valence-corrected chi connectivity index (χ3v) is 5.03. The first-order chi connectivity index (χ1) is 11.8. The SMILES string of the molecule is Cc1cccc(C)c1C(=O)Nc1ccc(S(=O)(=O)O)c2ccccc12. The average molecular weight is 355 g/mol. The molecule has 3 rings (SSSR count). The molecule has 0 radical (unpaired) electrons. The second-order valence-electron chi connectivity index (χ2n) is 5.85. The van der Waals surface area contributed by atoms with Crippen LogP contribution in [0, 0.1) is 13.8 Å². The summed E-state index contributed by atoms with van der Waals surface area (Å²) in [5, 5.41) is 3.74. The van der Waals surface area contributed by atoms with Crippen LogP contribution < -0.4 is 5.32 Å². The van der Waals surface area contributed by atoms with Gasteiger partial charge in [-0.05, 0) is 37.1 Å². The minimum absolute atomic E-state index is 0.187. The molecule has 1 amide bonds. The van der Waals surface area contributed by atoms with Crippen molar-refractivity contribution in [3.05, 3.63) is 71.3 Å². The highest BCUT2D eigenvalue weighted by atomic mass is 32.2. The summed E-state index contributed by atoms with van der Waals surface area (Å²) < 4.78 is 32.5. The van der Waals surface area contributed by atoms with Crippen molar-refractivity contribution in [2.75, 3.05) is 5.32 Å². The summed E-state index contributed by atoms with van der Waals surface area (Å²) in [6.45, 7) is 3.73. The first-order valence-corrected chi connectivity index (χ1v) is 9.10. The predicted octanol–water partition coefficient (Wildman–Crippen LogP) is 3.96. The molecule has 0 aliphatic heterocycles. The van der Waals surface area contributed by atoms with E-state index in [9.17, 15) is 17.8 Å². The number of hydrogen-bond donors (Lipinski definition) is 2. The standard InChI is InChI=1S/C19H17NO4S/c1-12-6-5-7-13(2)18(12)19(21)20-16-10-11-17(25(22,23)24)15-9-4-3-8-14(15)16/h3-11H,1-2H3,(H,20,21)(H,22,23,24). The van der Waals surface area contributed by atoms with Gasteiger partial charge >= 0.3 is 0 Å². The minimum Gasteiger partial charge on any atom is -0.321 e. The number of benzene rings is 3. The van der Waals surface area contributed by atoms with Crippen molar-refractivity contribution in [1.29, 1.82) is 0 Å². The lowest BCUT2D eigenvalue weighted by molar-refractivity contribution is 0.102. The summed E-state index contributed by atoms with van der Waals surface area (Å²) in [6.07, 6.45) is 0. The fourth-order valence-corrected chi connectivity index (χ4v) is 3.66. The van der Waals surface area contributed by atoms with Gasteiger partial charge in [-0.15, -0.1) is 0 Å². The molecule has 128 valence electrons. The molecule has 5 nitrogen and oxygen atoms in total. The second kappa shape index (κ2) is 6.31. The average Bonchev–Trinajstić information content (AvgIpc) is 2.54. The van der Waals surface area contributed by atoms with Crippen LogP contribution in [-0.2, 0) is 10.1 Å². The molecule has 0 aliphatic carbocycles. The fraction of sp³-hybridized carbons (Fsp3) is 0.105. The van der Waals surface area contributed by atoms with Crippen LogP contribution in [0.1, 0.15) is 21.5 Å². The van der Waals surface area contributed by atoms with E-state index in [0.717, 1.165) is 11.1 Å². The van der Waals surface area contributed by atoms with E-state index in [1.54, 1.807) is 24.3 Å². The van der Waals surface area contributed by atoms with Crippen molar-refractivity contribution in [2.45, 2.75) is 18.7 Å². The maximum Gasteiger partial charge on any atom is 0.295 e. The lowest BCUT2D eigenvalue weighted by atomic mass is 10.0. The van der Waals surface area contributed by atoms with E-state index in [1.807, 2.05) is 32.0 Å². The lowest BCUT2D eigenvalue weighted by Gasteiger charge is -2.13. The van der Waals surface area contributed by atoms with Crippen molar-refractivity contribution in [3.63, 3.8) is 0 Å². The predicted molar refractivity (Wildman–Crippen MR) is 97.6 cm³/mol. The molecular weight excluding hydrogens is 338 g/mol.